The lowest BCUT2D eigenvalue weighted by atomic mass is 10.2. The second kappa shape index (κ2) is 7.31. The number of para-hydroxylation sites is 2. The van der Waals surface area contributed by atoms with Crippen LogP contribution in [0.2, 0.25) is 0 Å². The Bertz CT molecular complexity index is 849. The minimum atomic E-state index is -0.995. The van der Waals surface area contributed by atoms with Crippen LogP contribution >= 0.6 is 0 Å². The van der Waals surface area contributed by atoms with Crippen LogP contribution in [0.4, 0.5) is 5.69 Å². The van der Waals surface area contributed by atoms with E-state index in [1.807, 2.05) is 0 Å². The molecule has 2 heterocycles. The third kappa shape index (κ3) is 3.70. The van der Waals surface area contributed by atoms with E-state index < -0.39 is 17.0 Å². The average molecular weight is 360 g/mol. The fraction of sp³-hybridized carbons (Fsp3) is 0.312. The number of rotatable bonds is 5. The van der Waals surface area contributed by atoms with Crippen LogP contribution in [0, 0.1) is 10.1 Å². The molecule has 1 aliphatic heterocycles. The number of morpholine rings is 1. The Morgan fingerprint density at radius 2 is 2.12 bits per heavy atom. The zero-order valence-corrected chi connectivity index (χ0v) is 13.6. The summed E-state index contributed by atoms with van der Waals surface area (Å²) in [5.74, 6) is -1.37. The molecule has 1 unspecified atom stereocenters. The van der Waals surface area contributed by atoms with Crippen molar-refractivity contribution in [2.75, 3.05) is 19.7 Å². The molecule has 10 nitrogen and oxygen atoms in total. The summed E-state index contributed by atoms with van der Waals surface area (Å²) in [5.41, 5.74) is 0.254. The molecule has 26 heavy (non-hydrogen) atoms. The average Bonchev–Trinajstić information content (AvgIpc) is 3.10. The van der Waals surface area contributed by atoms with Gasteiger partial charge in [-0.1, -0.05) is 12.1 Å². The van der Waals surface area contributed by atoms with Crippen LogP contribution in [0.1, 0.15) is 16.9 Å². The number of amides is 1. The van der Waals surface area contributed by atoms with Gasteiger partial charge in [-0.15, -0.1) is 0 Å². The van der Waals surface area contributed by atoms with Gasteiger partial charge in [0.25, 0.3) is 11.6 Å². The van der Waals surface area contributed by atoms with Gasteiger partial charge in [0.05, 0.1) is 24.1 Å². The molecule has 2 aromatic rings. The summed E-state index contributed by atoms with van der Waals surface area (Å²) in [6.45, 7) is 0.728. The maximum absolute atomic E-state index is 12.6. The number of aliphatic carboxylic acids is 1. The van der Waals surface area contributed by atoms with Crippen LogP contribution in [-0.2, 0) is 9.53 Å². The molecule has 10 heteroatoms. The molecule has 1 aromatic carbocycles. The summed E-state index contributed by atoms with van der Waals surface area (Å²) in [6, 6.07) is 7.56. The fourth-order valence-corrected chi connectivity index (χ4v) is 2.77. The van der Waals surface area contributed by atoms with Gasteiger partial charge in [-0.05, 0) is 12.1 Å². The van der Waals surface area contributed by atoms with E-state index in [-0.39, 0.29) is 42.5 Å². The van der Waals surface area contributed by atoms with E-state index in [2.05, 4.69) is 5.10 Å². The van der Waals surface area contributed by atoms with Crippen molar-refractivity contribution in [1.29, 1.82) is 0 Å². The lowest BCUT2D eigenvalue weighted by Crippen LogP contribution is -2.46. The summed E-state index contributed by atoms with van der Waals surface area (Å²) < 4.78 is 6.62. The minimum Gasteiger partial charge on any atom is -0.481 e. The highest BCUT2D eigenvalue weighted by Gasteiger charge is 2.28. The van der Waals surface area contributed by atoms with Gasteiger partial charge >= 0.3 is 5.97 Å². The normalized spacial score (nSPS) is 17.1. The fourth-order valence-electron chi connectivity index (χ4n) is 2.77. The van der Waals surface area contributed by atoms with Crippen LogP contribution in [0.5, 0.6) is 0 Å². The largest absolute Gasteiger partial charge is 0.481 e. The molecule has 1 aromatic heterocycles. The molecule has 1 N–H and O–H groups in total. The second-order valence-corrected chi connectivity index (χ2v) is 5.73. The quantitative estimate of drug-likeness (QED) is 0.624. The van der Waals surface area contributed by atoms with Crippen molar-refractivity contribution in [3.8, 4) is 5.69 Å². The van der Waals surface area contributed by atoms with E-state index in [9.17, 15) is 19.7 Å². The molecule has 0 radical (unpaired) electrons. The topological polar surface area (TPSA) is 128 Å². The molecule has 0 saturated carbocycles. The first-order valence-electron chi connectivity index (χ1n) is 7.88. The number of nitro groups is 1. The van der Waals surface area contributed by atoms with Gasteiger partial charge in [0.1, 0.15) is 5.69 Å². The molecule has 3 rings (SSSR count). The number of carboxylic acids is 1. The predicted octanol–water partition coefficient (Wildman–Crippen LogP) is 1.10. The highest BCUT2D eigenvalue weighted by molar-refractivity contribution is 5.92. The number of nitrogens with zero attached hydrogens (tertiary/aromatic N) is 4. The van der Waals surface area contributed by atoms with Crippen LogP contribution in [0.3, 0.4) is 0 Å². The van der Waals surface area contributed by atoms with Gasteiger partial charge in [-0.25, -0.2) is 4.68 Å². The molecular weight excluding hydrogens is 344 g/mol. The van der Waals surface area contributed by atoms with Crippen LogP contribution in [0.15, 0.2) is 36.5 Å². The molecule has 1 atom stereocenters. The smallest absolute Gasteiger partial charge is 0.306 e. The molecule has 1 aliphatic rings. The van der Waals surface area contributed by atoms with Gasteiger partial charge < -0.3 is 14.7 Å². The van der Waals surface area contributed by atoms with E-state index in [4.69, 9.17) is 9.84 Å². The first kappa shape index (κ1) is 17.5. The zero-order valence-electron chi connectivity index (χ0n) is 13.6. The number of hydrogen-bond donors (Lipinski definition) is 1. The van der Waals surface area contributed by atoms with E-state index in [0.29, 0.717) is 6.54 Å². The number of carboxylic acid groups (broad SMARTS) is 1. The van der Waals surface area contributed by atoms with Crippen molar-refractivity contribution in [3.63, 3.8) is 0 Å². The zero-order chi connectivity index (χ0) is 18.7. The van der Waals surface area contributed by atoms with E-state index in [1.54, 1.807) is 12.1 Å². The lowest BCUT2D eigenvalue weighted by molar-refractivity contribution is -0.384. The Labute approximate surface area is 147 Å². The van der Waals surface area contributed by atoms with Crippen molar-refractivity contribution in [1.82, 2.24) is 14.7 Å². The number of carbonyl (C=O) groups is 2. The van der Waals surface area contributed by atoms with Crippen LogP contribution in [-0.4, -0.2) is 62.4 Å². The van der Waals surface area contributed by atoms with Gasteiger partial charge in [-0.2, -0.15) is 5.10 Å². The Hall–Kier alpha value is -3.27. The van der Waals surface area contributed by atoms with Crippen LogP contribution in [0.25, 0.3) is 5.69 Å². The third-order valence-electron chi connectivity index (χ3n) is 3.96. The van der Waals surface area contributed by atoms with Crippen molar-refractivity contribution >= 4 is 17.6 Å². The highest BCUT2D eigenvalue weighted by atomic mass is 16.6. The van der Waals surface area contributed by atoms with Gasteiger partial charge in [0, 0.05) is 25.4 Å². The molecule has 0 spiro atoms. The molecule has 136 valence electrons. The van der Waals surface area contributed by atoms with E-state index in [1.165, 1.54) is 34.0 Å². The number of benzene rings is 1. The third-order valence-corrected chi connectivity index (χ3v) is 3.96. The van der Waals surface area contributed by atoms with Gasteiger partial charge in [-0.3, -0.25) is 19.7 Å². The summed E-state index contributed by atoms with van der Waals surface area (Å²) in [5, 5.41) is 24.1. The van der Waals surface area contributed by atoms with Crippen molar-refractivity contribution in [3.05, 3.63) is 52.3 Å². The number of hydrogen-bond acceptors (Lipinski definition) is 6. The monoisotopic (exact) mass is 360 g/mol. The standard InChI is InChI=1S/C16H16N4O6/c21-15(22)9-11-10-18(7-8-26-11)16(23)12-5-6-19(17-12)13-3-1-2-4-14(13)20(24)25/h1-6,11H,7-10H2,(H,21,22). The van der Waals surface area contributed by atoms with E-state index in [0.717, 1.165) is 0 Å². The Morgan fingerprint density at radius 1 is 1.35 bits per heavy atom. The van der Waals surface area contributed by atoms with Crippen molar-refractivity contribution in [2.24, 2.45) is 0 Å². The highest BCUT2D eigenvalue weighted by Crippen LogP contribution is 2.22. The predicted molar refractivity (Wildman–Crippen MR) is 88.1 cm³/mol. The van der Waals surface area contributed by atoms with Gasteiger partial charge in [0.15, 0.2) is 5.69 Å². The second-order valence-electron chi connectivity index (χ2n) is 5.73. The minimum absolute atomic E-state index is 0.123. The first-order chi connectivity index (χ1) is 12.5. The number of ether oxygens (including phenoxy) is 1. The Balaban J connectivity index is 1.78. The van der Waals surface area contributed by atoms with E-state index >= 15 is 0 Å². The first-order valence-corrected chi connectivity index (χ1v) is 7.88. The molecule has 1 fully saturated rings. The molecule has 0 bridgehead atoms. The maximum atomic E-state index is 12.6. The summed E-state index contributed by atoms with van der Waals surface area (Å²) in [6.07, 6.45) is 0.724. The molecule has 1 saturated heterocycles. The Kier molecular flexibility index (Phi) is 4.94. The molecular formula is C16H16N4O6. The summed E-state index contributed by atoms with van der Waals surface area (Å²) >= 11 is 0. The summed E-state index contributed by atoms with van der Waals surface area (Å²) in [7, 11) is 0. The van der Waals surface area contributed by atoms with Crippen LogP contribution < -0.4 is 0 Å². The Morgan fingerprint density at radius 3 is 2.85 bits per heavy atom. The number of carbonyl (C=O) groups excluding carboxylic acids is 1. The maximum Gasteiger partial charge on any atom is 0.306 e. The SMILES string of the molecule is O=C(O)CC1CN(C(=O)c2ccn(-c3ccccc3[N+](=O)[O-])n2)CCO1. The van der Waals surface area contributed by atoms with Crippen molar-refractivity contribution in [2.45, 2.75) is 12.5 Å². The summed E-state index contributed by atoms with van der Waals surface area (Å²) in [4.78, 5) is 35.5. The number of nitro benzene ring substituents is 1. The number of aromatic nitrogens is 2. The molecule has 0 aliphatic carbocycles. The lowest BCUT2D eigenvalue weighted by Gasteiger charge is -2.31. The molecule has 1 amide bonds. The van der Waals surface area contributed by atoms with Gasteiger partial charge in [0.2, 0.25) is 0 Å². The van der Waals surface area contributed by atoms with Crippen molar-refractivity contribution < 1.29 is 24.4 Å².